The van der Waals surface area contributed by atoms with Crippen LogP contribution in [0.2, 0.25) is 0 Å². The molecule has 0 atom stereocenters. The highest BCUT2D eigenvalue weighted by Gasteiger charge is 1.96. The summed E-state index contributed by atoms with van der Waals surface area (Å²) in [6.45, 7) is 2.07. The molecule has 1 heterocycles. The lowest BCUT2D eigenvalue weighted by molar-refractivity contribution is 1.29. The van der Waals surface area contributed by atoms with Crippen LogP contribution in [0.15, 0.2) is 42.6 Å². The molecular formula is C12H10N. The van der Waals surface area contributed by atoms with Gasteiger partial charge in [0.2, 0.25) is 0 Å². The molecule has 0 saturated carbocycles. The first kappa shape index (κ1) is 7.99. The Labute approximate surface area is 78.1 Å². The number of hydrogen-bond acceptors (Lipinski definition) is 1. The van der Waals surface area contributed by atoms with Crippen molar-refractivity contribution in [1.29, 1.82) is 0 Å². The van der Waals surface area contributed by atoms with Crippen LogP contribution >= 0.6 is 0 Å². The highest BCUT2D eigenvalue weighted by Crippen LogP contribution is 2.16. The second-order valence-corrected chi connectivity index (χ2v) is 3.01. The first-order valence-electron chi connectivity index (χ1n) is 4.25. The van der Waals surface area contributed by atoms with Gasteiger partial charge in [-0.1, -0.05) is 18.2 Å². The summed E-state index contributed by atoms with van der Waals surface area (Å²) in [7, 11) is 0. The normalized spacial score (nSPS) is 9.92. The molecule has 1 nitrogen and oxygen atoms in total. The molecule has 0 aliphatic rings. The van der Waals surface area contributed by atoms with Gasteiger partial charge in [-0.3, -0.25) is 4.98 Å². The van der Waals surface area contributed by atoms with Crippen molar-refractivity contribution >= 4 is 0 Å². The lowest BCUT2D eigenvalue weighted by atomic mass is 10.1. The van der Waals surface area contributed by atoms with Crippen molar-refractivity contribution in [3.05, 3.63) is 54.2 Å². The molecule has 0 aliphatic heterocycles. The van der Waals surface area contributed by atoms with E-state index in [1.807, 2.05) is 36.5 Å². The lowest BCUT2D eigenvalue weighted by Crippen LogP contribution is -1.83. The standard InChI is InChI=1S/C12H10N/c1-10-7-8-13-12(9-10)11-5-3-2-4-6-11/h2-3,5-9H,1H3. The monoisotopic (exact) mass is 168 g/mol. The zero-order valence-electron chi connectivity index (χ0n) is 7.49. The Morgan fingerprint density at radius 3 is 2.92 bits per heavy atom. The number of hydrogen-bond donors (Lipinski definition) is 0. The van der Waals surface area contributed by atoms with E-state index in [1.54, 1.807) is 0 Å². The highest BCUT2D eigenvalue weighted by atomic mass is 14.7. The van der Waals surface area contributed by atoms with E-state index in [0.717, 1.165) is 11.3 Å². The summed E-state index contributed by atoms with van der Waals surface area (Å²) in [6.07, 6.45) is 1.83. The number of rotatable bonds is 1. The molecule has 2 aromatic rings. The molecule has 0 aliphatic carbocycles. The van der Waals surface area contributed by atoms with Gasteiger partial charge in [0, 0.05) is 11.8 Å². The fourth-order valence-corrected chi connectivity index (χ4v) is 1.25. The molecule has 1 radical (unpaired) electrons. The van der Waals surface area contributed by atoms with Gasteiger partial charge in [-0.2, -0.15) is 0 Å². The average molecular weight is 168 g/mol. The number of pyridine rings is 1. The largest absolute Gasteiger partial charge is 0.256 e. The van der Waals surface area contributed by atoms with E-state index >= 15 is 0 Å². The lowest BCUT2D eigenvalue weighted by Gasteiger charge is -2.00. The number of nitrogens with zero attached hydrogens (tertiary/aromatic N) is 1. The van der Waals surface area contributed by atoms with Crippen molar-refractivity contribution < 1.29 is 0 Å². The van der Waals surface area contributed by atoms with Crippen LogP contribution in [0.4, 0.5) is 0 Å². The highest BCUT2D eigenvalue weighted by molar-refractivity contribution is 5.58. The molecule has 1 aromatic carbocycles. The molecule has 13 heavy (non-hydrogen) atoms. The summed E-state index contributed by atoms with van der Waals surface area (Å²) in [5.74, 6) is 0. The Balaban J connectivity index is 2.48. The molecule has 0 bridgehead atoms. The van der Waals surface area contributed by atoms with Gasteiger partial charge in [0.1, 0.15) is 0 Å². The molecule has 1 aromatic heterocycles. The predicted molar refractivity (Wildman–Crippen MR) is 53.2 cm³/mol. The van der Waals surface area contributed by atoms with Crippen molar-refractivity contribution in [2.75, 3.05) is 0 Å². The van der Waals surface area contributed by atoms with E-state index in [4.69, 9.17) is 0 Å². The summed E-state index contributed by atoms with van der Waals surface area (Å²) >= 11 is 0. The van der Waals surface area contributed by atoms with E-state index in [1.165, 1.54) is 5.56 Å². The second-order valence-electron chi connectivity index (χ2n) is 3.01. The molecule has 0 saturated heterocycles. The van der Waals surface area contributed by atoms with Crippen LogP contribution in [0.1, 0.15) is 5.56 Å². The summed E-state index contributed by atoms with van der Waals surface area (Å²) in [4.78, 5) is 4.29. The van der Waals surface area contributed by atoms with E-state index in [0.29, 0.717) is 0 Å². The first-order valence-corrected chi connectivity index (χ1v) is 4.25. The van der Waals surface area contributed by atoms with Crippen LogP contribution in [0.25, 0.3) is 11.3 Å². The molecule has 1 heteroatoms. The first-order chi connectivity index (χ1) is 6.36. The second kappa shape index (κ2) is 3.40. The van der Waals surface area contributed by atoms with Gasteiger partial charge in [0.25, 0.3) is 0 Å². The summed E-state index contributed by atoms with van der Waals surface area (Å²) in [5.41, 5.74) is 3.36. The number of benzene rings is 1. The maximum absolute atomic E-state index is 4.29. The topological polar surface area (TPSA) is 12.9 Å². The third-order valence-electron chi connectivity index (χ3n) is 1.92. The fourth-order valence-electron chi connectivity index (χ4n) is 1.25. The van der Waals surface area contributed by atoms with Crippen molar-refractivity contribution in [2.45, 2.75) is 6.92 Å². The van der Waals surface area contributed by atoms with E-state index in [-0.39, 0.29) is 0 Å². The minimum absolute atomic E-state index is 1.01. The Morgan fingerprint density at radius 2 is 2.23 bits per heavy atom. The minimum Gasteiger partial charge on any atom is -0.256 e. The number of aryl methyl sites for hydroxylation is 1. The van der Waals surface area contributed by atoms with Gasteiger partial charge in [-0.25, -0.2) is 0 Å². The van der Waals surface area contributed by atoms with Crippen molar-refractivity contribution in [3.8, 4) is 11.3 Å². The van der Waals surface area contributed by atoms with Crippen LogP contribution in [-0.4, -0.2) is 4.98 Å². The molecule has 0 unspecified atom stereocenters. The van der Waals surface area contributed by atoms with Gasteiger partial charge in [-0.15, -0.1) is 0 Å². The smallest absolute Gasteiger partial charge is 0.0704 e. The maximum Gasteiger partial charge on any atom is 0.0704 e. The third-order valence-corrected chi connectivity index (χ3v) is 1.92. The third kappa shape index (κ3) is 1.75. The summed E-state index contributed by atoms with van der Waals surface area (Å²) in [6, 6.07) is 15.0. The zero-order chi connectivity index (χ0) is 9.10. The average Bonchev–Trinajstić information content (AvgIpc) is 2.19. The van der Waals surface area contributed by atoms with Gasteiger partial charge in [0.05, 0.1) is 5.69 Å². The van der Waals surface area contributed by atoms with E-state index in [2.05, 4.69) is 24.0 Å². The van der Waals surface area contributed by atoms with Gasteiger partial charge >= 0.3 is 0 Å². The van der Waals surface area contributed by atoms with Crippen molar-refractivity contribution in [2.24, 2.45) is 0 Å². The number of aromatic nitrogens is 1. The van der Waals surface area contributed by atoms with Crippen LogP contribution in [0, 0.1) is 13.0 Å². The quantitative estimate of drug-likeness (QED) is 0.638. The molecule has 0 spiro atoms. The van der Waals surface area contributed by atoms with E-state index in [9.17, 15) is 0 Å². The zero-order valence-corrected chi connectivity index (χ0v) is 7.49. The van der Waals surface area contributed by atoms with Crippen LogP contribution < -0.4 is 0 Å². The molecular weight excluding hydrogens is 158 g/mol. The Morgan fingerprint density at radius 1 is 1.31 bits per heavy atom. The van der Waals surface area contributed by atoms with Gasteiger partial charge in [-0.05, 0) is 36.8 Å². The Kier molecular flexibility index (Phi) is 2.09. The van der Waals surface area contributed by atoms with Gasteiger partial charge in [0.15, 0.2) is 0 Å². The fraction of sp³-hybridized carbons (Fsp3) is 0.0833. The summed E-state index contributed by atoms with van der Waals surface area (Å²) in [5, 5.41) is 0. The minimum atomic E-state index is 1.01. The molecule has 2 rings (SSSR count). The molecule has 0 N–H and O–H groups in total. The van der Waals surface area contributed by atoms with E-state index < -0.39 is 0 Å². The summed E-state index contributed by atoms with van der Waals surface area (Å²) < 4.78 is 0. The Bertz CT molecular complexity index is 393. The Hall–Kier alpha value is -1.63. The van der Waals surface area contributed by atoms with Crippen LogP contribution in [-0.2, 0) is 0 Å². The predicted octanol–water partition coefficient (Wildman–Crippen LogP) is 2.86. The van der Waals surface area contributed by atoms with Crippen molar-refractivity contribution in [1.82, 2.24) is 4.98 Å². The van der Waals surface area contributed by atoms with Crippen LogP contribution in [0.5, 0.6) is 0 Å². The molecule has 0 amide bonds. The SMILES string of the molecule is Cc1ccnc(-c2c[c]ccc2)c1. The van der Waals surface area contributed by atoms with Gasteiger partial charge < -0.3 is 0 Å². The molecule has 63 valence electrons. The van der Waals surface area contributed by atoms with Crippen molar-refractivity contribution in [3.63, 3.8) is 0 Å². The molecule has 0 fully saturated rings. The van der Waals surface area contributed by atoms with Crippen LogP contribution in [0.3, 0.4) is 0 Å². The maximum atomic E-state index is 4.29.